The molecule has 0 bridgehead atoms. The number of carboxylic acids is 1. The van der Waals surface area contributed by atoms with Crippen LogP contribution in [0.1, 0.15) is 6.92 Å². The van der Waals surface area contributed by atoms with Gasteiger partial charge < -0.3 is 5.11 Å². The number of alkyl halides is 1. The van der Waals surface area contributed by atoms with Gasteiger partial charge in [-0.2, -0.15) is 0 Å². The molecule has 0 atom stereocenters. The summed E-state index contributed by atoms with van der Waals surface area (Å²) in [6, 6.07) is 0. The number of hydrogen-bond acceptors (Lipinski definition) is 3. The fraction of sp³-hybridized carbons (Fsp3) is 0.750. The highest BCUT2D eigenvalue weighted by atomic mass is 35.5. The van der Waals surface area contributed by atoms with Gasteiger partial charge in [-0.25, -0.2) is 5.43 Å². The molecule has 0 aromatic heterocycles. The maximum Gasteiger partial charge on any atom is 0.318 e. The van der Waals surface area contributed by atoms with E-state index in [9.17, 15) is 4.79 Å². The topological polar surface area (TPSA) is 75.3 Å². The van der Waals surface area contributed by atoms with Crippen molar-refractivity contribution >= 4 is 17.6 Å². The highest BCUT2D eigenvalue weighted by Crippen LogP contribution is 1.59. The minimum absolute atomic E-state index is 0.181. The zero-order valence-electron chi connectivity index (χ0n) is 5.22. The highest BCUT2D eigenvalue weighted by Gasteiger charge is 1.86. The van der Waals surface area contributed by atoms with E-state index in [1.165, 1.54) is 0 Å². The van der Waals surface area contributed by atoms with Crippen molar-refractivity contribution in [2.24, 2.45) is 5.84 Å². The Morgan fingerprint density at radius 2 is 2.22 bits per heavy atom. The molecular weight excluding hydrogens is 144 g/mol. The lowest BCUT2D eigenvalue weighted by molar-refractivity contribution is -0.135. The van der Waals surface area contributed by atoms with E-state index in [0.717, 1.165) is 5.88 Å². The van der Waals surface area contributed by atoms with Gasteiger partial charge in [0.1, 0.15) is 6.54 Å². The van der Waals surface area contributed by atoms with E-state index >= 15 is 0 Å². The number of halogens is 1. The molecule has 0 aliphatic rings. The van der Waals surface area contributed by atoms with Gasteiger partial charge in [0, 0.05) is 5.88 Å². The monoisotopic (exact) mass is 154 g/mol. The van der Waals surface area contributed by atoms with Crippen molar-refractivity contribution in [3.63, 3.8) is 0 Å². The average Bonchev–Trinajstić information content (AvgIpc) is 1.67. The molecule has 0 aliphatic heterocycles. The first-order valence-corrected chi connectivity index (χ1v) is 2.93. The zero-order chi connectivity index (χ0) is 7.70. The molecule has 56 valence electrons. The fourth-order valence-corrected chi connectivity index (χ4v) is 0.0873. The molecule has 0 unspecified atom stereocenters. The van der Waals surface area contributed by atoms with Crippen molar-refractivity contribution in [3.8, 4) is 0 Å². The van der Waals surface area contributed by atoms with Gasteiger partial charge in [-0.05, 0) is 0 Å². The molecule has 0 rings (SSSR count). The summed E-state index contributed by atoms with van der Waals surface area (Å²) in [5, 5.41) is 7.77. The van der Waals surface area contributed by atoms with Crippen LogP contribution in [-0.2, 0) is 4.79 Å². The Bertz CT molecular complexity index is 69.6. The molecule has 0 aromatic rings. The summed E-state index contributed by atoms with van der Waals surface area (Å²) >= 11 is 5.00. The molecule has 4 N–H and O–H groups in total. The highest BCUT2D eigenvalue weighted by molar-refractivity contribution is 6.17. The molecule has 0 saturated carbocycles. The molecule has 9 heavy (non-hydrogen) atoms. The van der Waals surface area contributed by atoms with Crippen LogP contribution in [0, 0.1) is 0 Å². The summed E-state index contributed by atoms with van der Waals surface area (Å²) < 4.78 is 0. The Balaban J connectivity index is 0. The van der Waals surface area contributed by atoms with Crippen molar-refractivity contribution in [2.75, 3.05) is 12.4 Å². The third kappa shape index (κ3) is 34.5. The zero-order valence-corrected chi connectivity index (χ0v) is 5.98. The second kappa shape index (κ2) is 10.6. The quantitative estimate of drug-likeness (QED) is 0.292. The molecule has 5 heteroatoms. The summed E-state index contributed by atoms with van der Waals surface area (Å²) in [5.74, 6) is 4.37. The maximum atomic E-state index is 9.46. The van der Waals surface area contributed by atoms with Crippen LogP contribution in [0.25, 0.3) is 0 Å². The molecule has 0 aromatic carbocycles. The number of hydrazine groups is 1. The number of nitrogens with one attached hydrogen (secondary N) is 1. The average molecular weight is 155 g/mol. The predicted molar refractivity (Wildman–Crippen MR) is 36.2 cm³/mol. The summed E-state index contributed by atoms with van der Waals surface area (Å²) in [6.07, 6.45) is 0. The van der Waals surface area contributed by atoms with E-state index in [1.807, 2.05) is 12.3 Å². The van der Waals surface area contributed by atoms with Crippen LogP contribution >= 0.6 is 11.6 Å². The molecule has 0 spiro atoms. The summed E-state index contributed by atoms with van der Waals surface area (Å²) in [4.78, 5) is 9.46. The van der Waals surface area contributed by atoms with Crippen LogP contribution in [0.3, 0.4) is 0 Å². The molecule has 0 fully saturated rings. The van der Waals surface area contributed by atoms with E-state index in [0.29, 0.717) is 0 Å². The summed E-state index contributed by atoms with van der Waals surface area (Å²) in [6.45, 7) is 1.71. The number of carbonyl (C=O) groups is 1. The van der Waals surface area contributed by atoms with Gasteiger partial charge in [0.25, 0.3) is 0 Å². The normalized spacial score (nSPS) is 7.44. The van der Waals surface area contributed by atoms with Crippen LogP contribution in [0.15, 0.2) is 0 Å². The van der Waals surface area contributed by atoms with E-state index in [1.54, 1.807) is 0 Å². The molecule has 0 heterocycles. The third-order valence-electron chi connectivity index (χ3n) is 0.253. The Labute approximate surface area is 59.0 Å². The Kier molecular flexibility index (Phi) is 13.5. The van der Waals surface area contributed by atoms with Gasteiger partial charge >= 0.3 is 5.97 Å². The first kappa shape index (κ1) is 11.5. The first-order chi connectivity index (χ1) is 4.18. The largest absolute Gasteiger partial charge is 0.480 e. The Morgan fingerprint density at radius 1 is 1.89 bits per heavy atom. The second-order valence-corrected chi connectivity index (χ2v) is 1.58. The Morgan fingerprint density at radius 3 is 2.22 bits per heavy atom. The van der Waals surface area contributed by atoms with Gasteiger partial charge in [-0.1, -0.05) is 6.92 Å². The van der Waals surface area contributed by atoms with E-state index in [2.05, 4.69) is 5.84 Å². The number of hydrogen-bond donors (Lipinski definition) is 3. The lowest BCUT2D eigenvalue weighted by atomic mass is 10.7. The maximum absolute atomic E-state index is 9.46. The number of aliphatic carboxylic acids is 1. The van der Waals surface area contributed by atoms with E-state index in [4.69, 9.17) is 16.7 Å². The lowest BCUT2D eigenvalue weighted by Crippen LogP contribution is -2.28. The molecular formula is C4H11ClN2O2. The van der Waals surface area contributed by atoms with Gasteiger partial charge in [0.2, 0.25) is 0 Å². The number of rotatable bonds is 2. The lowest BCUT2D eigenvalue weighted by Gasteiger charge is -1.84. The van der Waals surface area contributed by atoms with E-state index in [-0.39, 0.29) is 6.54 Å². The summed E-state index contributed by atoms with van der Waals surface area (Å²) in [7, 11) is 0. The number of nitrogens with two attached hydrogens (primary N) is 1. The smallest absolute Gasteiger partial charge is 0.318 e. The van der Waals surface area contributed by atoms with Crippen molar-refractivity contribution in [3.05, 3.63) is 0 Å². The third-order valence-corrected chi connectivity index (χ3v) is 0.253. The minimum Gasteiger partial charge on any atom is -0.480 e. The van der Waals surface area contributed by atoms with Crippen molar-refractivity contribution in [1.82, 2.24) is 5.43 Å². The number of carboxylic acid groups (broad SMARTS) is 1. The second-order valence-electron chi connectivity index (χ2n) is 1.04. The first-order valence-electron chi connectivity index (χ1n) is 2.40. The Hall–Kier alpha value is -0.320. The predicted octanol–water partition coefficient (Wildman–Crippen LogP) is -0.221. The van der Waals surface area contributed by atoms with Gasteiger partial charge in [0.15, 0.2) is 0 Å². The van der Waals surface area contributed by atoms with Crippen LogP contribution in [0.5, 0.6) is 0 Å². The van der Waals surface area contributed by atoms with Crippen LogP contribution in [0.2, 0.25) is 0 Å². The van der Waals surface area contributed by atoms with Gasteiger partial charge in [-0.3, -0.25) is 10.6 Å². The van der Waals surface area contributed by atoms with Gasteiger partial charge in [-0.15, -0.1) is 11.6 Å². The minimum atomic E-state index is -0.947. The van der Waals surface area contributed by atoms with Crippen LogP contribution in [-0.4, -0.2) is 23.5 Å². The van der Waals surface area contributed by atoms with Gasteiger partial charge in [0.05, 0.1) is 0 Å². The molecule has 0 aliphatic carbocycles. The van der Waals surface area contributed by atoms with Crippen LogP contribution < -0.4 is 11.3 Å². The van der Waals surface area contributed by atoms with Crippen molar-refractivity contribution < 1.29 is 9.90 Å². The van der Waals surface area contributed by atoms with Crippen molar-refractivity contribution in [2.45, 2.75) is 6.92 Å². The molecule has 0 saturated heterocycles. The van der Waals surface area contributed by atoms with Crippen molar-refractivity contribution in [1.29, 1.82) is 0 Å². The fourth-order valence-electron chi connectivity index (χ4n) is 0.0873. The summed E-state index contributed by atoms with van der Waals surface area (Å²) in [5.41, 5.74) is 1.97. The molecule has 4 nitrogen and oxygen atoms in total. The van der Waals surface area contributed by atoms with E-state index < -0.39 is 5.97 Å². The molecule has 0 amide bonds. The standard InChI is InChI=1S/C2H5Cl.C2H6N2O2/c1-2-3;3-4-1-2(5)6/h2H2,1H3;4H,1,3H2,(H,5,6). The molecule has 0 radical (unpaired) electrons. The SMILES string of the molecule is CCCl.NNCC(=O)O. The van der Waals surface area contributed by atoms with Crippen LogP contribution in [0.4, 0.5) is 0 Å².